The van der Waals surface area contributed by atoms with Gasteiger partial charge in [-0.05, 0) is 30.9 Å². The third kappa shape index (κ3) is 3.29. The van der Waals surface area contributed by atoms with Crippen molar-refractivity contribution >= 4 is 5.78 Å². The second-order valence-corrected chi connectivity index (χ2v) is 5.89. The zero-order chi connectivity index (χ0) is 14.4. The Hall–Kier alpha value is -1.15. The molecule has 0 bridgehead atoms. The second-order valence-electron chi connectivity index (χ2n) is 5.89. The largest absolute Gasteiger partial charge is 0.370 e. The highest BCUT2D eigenvalue weighted by Gasteiger charge is 2.38. The lowest BCUT2D eigenvalue weighted by Crippen LogP contribution is -2.40. The average molecular weight is 274 g/mol. The summed E-state index contributed by atoms with van der Waals surface area (Å²) in [6.07, 6.45) is 8.47. The van der Waals surface area contributed by atoms with Gasteiger partial charge in [-0.1, -0.05) is 57.2 Å². The van der Waals surface area contributed by atoms with Gasteiger partial charge in [0.05, 0.1) is 0 Å². The first-order valence-electron chi connectivity index (χ1n) is 7.91. The molecule has 1 aliphatic rings. The predicted molar refractivity (Wildman–Crippen MR) is 82.2 cm³/mol. The highest BCUT2D eigenvalue weighted by molar-refractivity contribution is 6.02. The molecule has 2 nitrogen and oxygen atoms in total. The van der Waals surface area contributed by atoms with Crippen molar-refractivity contribution in [3.63, 3.8) is 0 Å². The van der Waals surface area contributed by atoms with E-state index in [2.05, 4.69) is 19.1 Å². The first-order chi connectivity index (χ1) is 9.72. The van der Waals surface area contributed by atoms with Gasteiger partial charge in [0.15, 0.2) is 5.78 Å². The van der Waals surface area contributed by atoms with Gasteiger partial charge in [0, 0.05) is 12.7 Å². The van der Waals surface area contributed by atoms with Gasteiger partial charge in [-0.15, -0.1) is 0 Å². The molecule has 0 saturated heterocycles. The Morgan fingerprint density at radius 1 is 1.20 bits per heavy atom. The van der Waals surface area contributed by atoms with Crippen molar-refractivity contribution in [3.05, 3.63) is 35.4 Å². The summed E-state index contributed by atoms with van der Waals surface area (Å²) in [6, 6.07) is 8.09. The summed E-state index contributed by atoms with van der Waals surface area (Å²) < 4.78 is 5.73. The van der Waals surface area contributed by atoms with Crippen LogP contribution >= 0.6 is 0 Å². The quantitative estimate of drug-likeness (QED) is 0.581. The molecule has 0 aliphatic heterocycles. The van der Waals surface area contributed by atoms with Gasteiger partial charge >= 0.3 is 0 Å². The lowest BCUT2D eigenvalue weighted by Gasteiger charge is -2.30. The highest BCUT2D eigenvalue weighted by atomic mass is 16.5. The fourth-order valence-electron chi connectivity index (χ4n) is 3.24. The van der Waals surface area contributed by atoms with Gasteiger partial charge in [0.1, 0.15) is 5.60 Å². The van der Waals surface area contributed by atoms with Gasteiger partial charge in [-0.2, -0.15) is 0 Å². The number of carbonyl (C=O) groups is 1. The molecule has 0 heterocycles. The smallest absolute Gasteiger partial charge is 0.194 e. The minimum Gasteiger partial charge on any atom is -0.370 e. The van der Waals surface area contributed by atoms with Crippen molar-refractivity contribution in [1.29, 1.82) is 0 Å². The van der Waals surface area contributed by atoms with Crippen molar-refractivity contribution in [3.8, 4) is 0 Å². The van der Waals surface area contributed by atoms with E-state index in [1.807, 2.05) is 12.1 Å². The van der Waals surface area contributed by atoms with E-state index >= 15 is 0 Å². The zero-order valence-electron chi connectivity index (χ0n) is 12.8. The maximum atomic E-state index is 12.9. The number of aryl methyl sites for hydroxylation is 1. The molecule has 110 valence electrons. The van der Waals surface area contributed by atoms with Crippen LogP contribution in [0, 0.1) is 0 Å². The Balaban J connectivity index is 2.25. The zero-order valence-corrected chi connectivity index (χ0v) is 12.8. The molecule has 1 aromatic carbocycles. The van der Waals surface area contributed by atoms with E-state index in [9.17, 15) is 4.79 Å². The molecule has 2 heteroatoms. The van der Waals surface area contributed by atoms with Crippen molar-refractivity contribution in [2.75, 3.05) is 7.11 Å². The SMILES string of the molecule is CCCc1cccc(C(=O)C2(OC)CCCCCC2)c1. The summed E-state index contributed by atoms with van der Waals surface area (Å²) in [5, 5.41) is 0. The maximum absolute atomic E-state index is 12.9. The number of ketones is 1. The Bertz CT molecular complexity index is 442. The third-order valence-electron chi connectivity index (χ3n) is 4.44. The number of carbonyl (C=O) groups excluding carboxylic acids is 1. The molecule has 1 fully saturated rings. The summed E-state index contributed by atoms with van der Waals surface area (Å²) in [7, 11) is 1.69. The first kappa shape index (κ1) is 15.2. The van der Waals surface area contributed by atoms with Crippen LogP contribution in [0.2, 0.25) is 0 Å². The third-order valence-corrected chi connectivity index (χ3v) is 4.44. The molecule has 0 unspecified atom stereocenters. The number of rotatable bonds is 5. The Labute approximate surface area is 122 Å². The number of Topliss-reactive ketones (excluding diaryl/α,β-unsaturated/α-hetero) is 1. The molecule has 1 saturated carbocycles. The number of ether oxygens (including phenoxy) is 1. The average Bonchev–Trinajstić information content (AvgIpc) is 2.73. The summed E-state index contributed by atoms with van der Waals surface area (Å²) in [5.74, 6) is 0.180. The summed E-state index contributed by atoms with van der Waals surface area (Å²) >= 11 is 0. The molecular weight excluding hydrogens is 248 g/mol. The Morgan fingerprint density at radius 2 is 1.90 bits per heavy atom. The highest BCUT2D eigenvalue weighted by Crippen LogP contribution is 2.33. The Morgan fingerprint density at radius 3 is 2.50 bits per heavy atom. The van der Waals surface area contributed by atoms with E-state index in [1.165, 1.54) is 18.4 Å². The van der Waals surface area contributed by atoms with Crippen LogP contribution in [0.1, 0.15) is 67.8 Å². The molecule has 0 aromatic heterocycles. The molecule has 20 heavy (non-hydrogen) atoms. The lowest BCUT2D eigenvalue weighted by molar-refractivity contribution is -0.00692. The van der Waals surface area contributed by atoms with Crippen LogP contribution in [0.4, 0.5) is 0 Å². The molecule has 1 aliphatic carbocycles. The Kier molecular flexibility index (Phi) is 5.36. The molecule has 0 atom stereocenters. The number of methoxy groups -OCH3 is 1. The van der Waals surface area contributed by atoms with Crippen LogP contribution in [-0.4, -0.2) is 18.5 Å². The molecule has 2 rings (SSSR count). The summed E-state index contributed by atoms with van der Waals surface area (Å²) in [6.45, 7) is 2.16. The lowest BCUT2D eigenvalue weighted by atomic mass is 9.85. The molecule has 1 aromatic rings. The monoisotopic (exact) mass is 274 g/mol. The van der Waals surface area contributed by atoms with Crippen LogP contribution in [0.3, 0.4) is 0 Å². The van der Waals surface area contributed by atoms with E-state index in [0.29, 0.717) is 0 Å². The minimum atomic E-state index is -0.582. The van der Waals surface area contributed by atoms with Gasteiger partial charge in [-0.25, -0.2) is 0 Å². The van der Waals surface area contributed by atoms with E-state index in [-0.39, 0.29) is 5.78 Å². The maximum Gasteiger partial charge on any atom is 0.194 e. The van der Waals surface area contributed by atoms with Crippen LogP contribution < -0.4 is 0 Å². The van der Waals surface area contributed by atoms with E-state index in [1.54, 1.807) is 7.11 Å². The summed E-state index contributed by atoms with van der Waals surface area (Å²) in [4.78, 5) is 12.9. The van der Waals surface area contributed by atoms with Crippen molar-refractivity contribution in [2.24, 2.45) is 0 Å². The normalized spacial score (nSPS) is 18.5. The van der Waals surface area contributed by atoms with Gasteiger partial charge in [0.2, 0.25) is 0 Å². The van der Waals surface area contributed by atoms with E-state index < -0.39 is 5.60 Å². The number of hydrogen-bond donors (Lipinski definition) is 0. The van der Waals surface area contributed by atoms with Crippen molar-refractivity contribution < 1.29 is 9.53 Å². The predicted octanol–water partition coefficient (Wildman–Crippen LogP) is 4.56. The topological polar surface area (TPSA) is 26.3 Å². The molecule has 0 radical (unpaired) electrons. The first-order valence-corrected chi connectivity index (χ1v) is 7.91. The fraction of sp³-hybridized carbons (Fsp3) is 0.611. The van der Waals surface area contributed by atoms with Gasteiger partial charge < -0.3 is 4.74 Å². The number of hydrogen-bond acceptors (Lipinski definition) is 2. The molecule has 0 spiro atoms. The van der Waals surface area contributed by atoms with Crippen LogP contribution in [0.25, 0.3) is 0 Å². The van der Waals surface area contributed by atoms with Crippen LogP contribution in [0.15, 0.2) is 24.3 Å². The molecule has 0 N–H and O–H groups in total. The van der Waals surface area contributed by atoms with Crippen molar-refractivity contribution in [2.45, 2.75) is 63.9 Å². The minimum absolute atomic E-state index is 0.180. The second kappa shape index (κ2) is 7.03. The van der Waals surface area contributed by atoms with E-state index in [4.69, 9.17) is 4.74 Å². The molecular formula is C18H26O2. The standard InChI is InChI=1S/C18H26O2/c1-3-9-15-10-8-11-16(14-15)17(19)18(20-2)12-6-4-5-7-13-18/h8,10-11,14H,3-7,9,12-13H2,1-2H3. The molecule has 0 amide bonds. The van der Waals surface area contributed by atoms with Gasteiger partial charge in [-0.3, -0.25) is 4.79 Å². The van der Waals surface area contributed by atoms with E-state index in [0.717, 1.165) is 44.1 Å². The fourth-order valence-corrected chi connectivity index (χ4v) is 3.24. The number of benzene rings is 1. The van der Waals surface area contributed by atoms with Gasteiger partial charge in [0.25, 0.3) is 0 Å². The van der Waals surface area contributed by atoms with Crippen LogP contribution in [0.5, 0.6) is 0 Å². The summed E-state index contributed by atoms with van der Waals surface area (Å²) in [5.41, 5.74) is 1.49. The van der Waals surface area contributed by atoms with Crippen molar-refractivity contribution in [1.82, 2.24) is 0 Å². The van der Waals surface area contributed by atoms with Crippen LogP contribution in [-0.2, 0) is 11.2 Å².